The van der Waals surface area contributed by atoms with Gasteiger partial charge in [0.15, 0.2) is 18.9 Å². The van der Waals surface area contributed by atoms with Crippen molar-refractivity contribution in [3.8, 4) is 0 Å². The van der Waals surface area contributed by atoms with Crippen LogP contribution < -0.4 is 53.2 Å². The number of aliphatic hydroxyl groups excluding tert-OH is 9. The molecule has 44 heteroatoms. The van der Waals surface area contributed by atoms with Crippen LogP contribution in [0.5, 0.6) is 0 Å². The Bertz CT molecular complexity index is 3180. The van der Waals surface area contributed by atoms with Gasteiger partial charge in [-0.25, -0.2) is 0 Å². The van der Waals surface area contributed by atoms with E-state index in [-0.39, 0.29) is 189 Å². The summed E-state index contributed by atoms with van der Waals surface area (Å²) in [7, 11) is 0. The van der Waals surface area contributed by atoms with Crippen molar-refractivity contribution >= 4 is 59.1 Å². The molecule has 0 saturated carbocycles. The smallest absolute Gasteiger partial charge is 0.246 e. The summed E-state index contributed by atoms with van der Waals surface area (Å²) < 4.78 is 83.8. The fourth-order valence-corrected chi connectivity index (χ4v) is 15.0. The van der Waals surface area contributed by atoms with Crippen molar-refractivity contribution in [1.29, 1.82) is 0 Å². The fraction of sp³-hybridized carbons (Fsp3) is 0.891. The maximum Gasteiger partial charge on any atom is 0.246 e. The van der Waals surface area contributed by atoms with E-state index in [1.165, 1.54) is 78.6 Å². The van der Waals surface area contributed by atoms with E-state index in [0.29, 0.717) is 51.6 Å². The standard InChI is InChI=1S/C92H170N10O34/c1-8-9-10-11-12-13-14-15-16-17-18-19-22-34-73(109)93-36-28-23-31-67(86(119)96-39-27-21-20-26-35-92(5,6)7)101-88(121)69(33-25-30-38-95-75(111)62-129-50-47-123-41-44-126-53-56-132-90-78(98-65(3)107)84(117)81(114)71(59-104)135-90)102-87(120)68(100-76(112)63-130-51-48-124-42-45-127-54-57-133-91-79(99-66(4)108)85(118)82(115)72(60-105)136-91)32-24-29-37-94-74(110)61-128-49-46-122-40-43-125-52-55-131-89-77(97-64(2)106)83(116)80(113)70(58-103)134-89/h67-72,77-85,89-91,103-105,113-118H,8-63H2,1-7H3,(H,93,109)(H,94,110)(H,95,111)(H,96,119)(H,97,106)(H,98,107)(H,99,108)(H,100,112)(H,101,121)(H,102,120)/t67-,68+,69?,70-,71-,72-,77-,78-,79-,80+,81+,82+,83-,84-,85-,89-,90-,91-/m1/s1. The summed E-state index contributed by atoms with van der Waals surface area (Å²) in [6.07, 6.45) is 6.93. The molecule has 3 rings (SSSR count). The molecule has 19 N–H and O–H groups in total. The largest absolute Gasteiger partial charge is 0.394 e. The lowest BCUT2D eigenvalue weighted by Gasteiger charge is -2.42. The molecule has 10 amide bonds. The van der Waals surface area contributed by atoms with Crippen molar-refractivity contribution in [3.05, 3.63) is 0 Å². The predicted octanol–water partition coefficient (Wildman–Crippen LogP) is -1.08. The van der Waals surface area contributed by atoms with Gasteiger partial charge in [-0.15, -0.1) is 0 Å². The number of hydrogen-bond acceptors (Lipinski definition) is 34. The monoisotopic (exact) mass is 1960 g/mol. The van der Waals surface area contributed by atoms with Gasteiger partial charge in [0, 0.05) is 53.4 Å². The molecule has 0 aromatic rings. The topological polar surface area (TPSA) is 612 Å². The van der Waals surface area contributed by atoms with Gasteiger partial charge in [-0.05, 0) is 82.5 Å². The van der Waals surface area contributed by atoms with Crippen LogP contribution in [0.3, 0.4) is 0 Å². The first-order valence-corrected chi connectivity index (χ1v) is 49.2. The van der Waals surface area contributed by atoms with Crippen LogP contribution in [0.15, 0.2) is 0 Å². The number of aliphatic hydroxyl groups is 9. The summed E-state index contributed by atoms with van der Waals surface area (Å²) in [5.41, 5.74) is 0.181. The minimum absolute atomic E-state index is 0.00241. The zero-order valence-electron chi connectivity index (χ0n) is 81.7. The number of nitrogens with one attached hydrogen (secondary N) is 10. The highest BCUT2D eigenvalue weighted by Crippen LogP contribution is 2.27. The third kappa shape index (κ3) is 58.2. The number of carbonyl (C=O) groups excluding carboxylic acids is 10. The fourth-order valence-electron chi connectivity index (χ4n) is 15.0. The van der Waals surface area contributed by atoms with E-state index >= 15 is 0 Å². The SMILES string of the molecule is CCCCCCCCCCCCCCCC(=O)NCCCC[C@@H](NC(=O)C(CCCCNC(=O)COCCOCCOCCO[C@@H]1O[C@H](CO)[C@H](O)[C@H](O)[C@H]1NC(C)=O)NC(=O)[C@H](CCCCNC(=O)COCCOCCOCCO[C@@H]1O[C@H](CO)[C@H](O)[C@H](O)[C@H]1NC(C)=O)NC(=O)COCCOCCOCCO[C@@H]1O[C@H](CO)[C@H](O)[C@H](O)[C@H]1NC(C)=O)C(=O)NCCCCCCC(C)(C)C. The summed E-state index contributed by atoms with van der Waals surface area (Å²) in [6, 6.07) is -6.98. The van der Waals surface area contributed by atoms with Crippen molar-refractivity contribution in [2.75, 3.05) is 185 Å². The Labute approximate surface area is 802 Å². The van der Waals surface area contributed by atoms with Crippen LogP contribution in [0.2, 0.25) is 0 Å². The highest BCUT2D eigenvalue weighted by atomic mass is 16.7. The van der Waals surface area contributed by atoms with E-state index in [0.717, 1.165) is 51.4 Å². The Morgan fingerprint density at radius 2 is 0.574 bits per heavy atom. The Morgan fingerprint density at radius 1 is 0.301 bits per heavy atom. The van der Waals surface area contributed by atoms with Crippen molar-refractivity contribution in [2.45, 2.75) is 338 Å². The first kappa shape index (κ1) is 124. The van der Waals surface area contributed by atoms with E-state index in [1.54, 1.807) is 0 Å². The van der Waals surface area contributed by atoms with E-state index in [1.807, 2.05) is 0 Å². The van der Waals surface area contributed by atoms with Crippen LogP contribution in [-0.2, 0) is 119 Å². The molecule has 0 spiro atoms. The quantitative estimate of drug-likeness (QED) is 0.0322. The Balaban J connectivity index is 1.71. The molecule has 3 heterocycles. The van der Waals surface area contributed by atoms with Crippen LogP contribution in [0.25, 0.3) is 0 Å². The van der Waals surface area contributed by atoms with Gasteiger partial charge in [-0.3, -0.25) is 47.9 Å². The molecule has 3 fully saturated rings. The second kappa shape index (κ2) is 77.4. The maximum atomic E-state index is 14.9. The van der Waals surface area contributed by atoms with Crippen molar-refractivity contribution in [1.82, 2.24) is 53.2 Å². The van der Waals surface area contributed by atoms with Crippen LogP contribution >= 0.6 is 0 Å². The van der Waals surface area contributed by atoms with Gasteiger partial charge in [0.1, 0.15) is 111 Å². The lowest BCUT2D eigenvalue weighted by atomic mass is 9.89. The molecule has 3 saturated heterocycles. The third-order valence-corrected chi connectivity index (χ3v) is 22.5. The average Bonchev–Trinajstić information content (AvgIpc) is 0.815. The number of unbranched alkanes of at least 4 members (excludes halogenated alkanes) is 18. The van der Waals surface area contributed by atoms with Gasteiger partial charge in [0.25, 0.3) is 0 Å². The average molecular weight is 1960 g/mol. The normalized spacial score (nSPS) is 22.4. The number of ether oxygens (including phenoxy) is 15. The number of amides is 10. The summed E-state index contributed by atoms with van der Waals surface area (Å²) in [6.45, 7) is 11.6. The van der Waals surface area contributed by atoms with E-state index < -0.39 is 190 Å². The predicted molar refractivity (Wildman–Crippen MR) is 494 cm³/mol. The van der Waals surface area contributed by atoms with Gasteiger partial charge in [0.05, 0.1) is 139 Å². The van der Waals surface area contributed by atoms with Gasteiger partial charge in [-0.2, -0.15) is 0 Å². The Kier molecular flexibility index (Phi) is 70.5. The van der Waals surface area contributed by atoms with Gasteiger partial charge in [0.2, 0.25) is 59.1 Å². The molecule has 3 aliphatic rings. The van der Waals surface area contributed by atoms with Crippen LogP contribution in [0, 0.1) is 5.41 Å². The highest BCUT2D eigenvalue weighted by molar-refractivity contribution is 5.94. The molecule has 18 atom stereocenters. The first-order chi connectivity index (χ1) is 65.4. The molecule has 0 radical (unpaired) electrons. The number of hydrogen-bond donors (Lipinski definition) is 19. The van der Waals surface area contributed by atoms with Crippen LogP contribution in [0.4, 0.5) is 0 Å². The molecule has 1 unspecified atom stereocenters. The van der Waals surface area contributed by atoms with E-state index in [2.05, 4.69) is 80.9 Å². The summed E-state index contributed by atoms with van der Waals surface area (Å²) in [5, 5.41) is 119. The molecule has 0 bridgehead atoms. The van der Waals surface area contributed by atoms with Gasteiger partial charge < -0.3 is 170 Å². The lowest BCUT2D eigenvalue weighted by molar-refractivity contribution is -0.272. The lowest BCUT2D eigenvalue weighted by Crippen LogP contribution is -2.64. The maximum absolute atomic E-state index is 14.9. The Morgan fingerprint density at radius 3 is 0.904 bits per heavy atom. The molecule has 136 heavy (non-hydrogen) atoms. The minimum Gasteiger partial charge on any atom is -0.394 e. The van der Waals surface area contributed by atoms with Crippen molar-refractivity contribution < 1.29 is 165 Å². The molecule has 44 nitrogen and oxygen atoms in total. The number of rotatable bonds is 83. The summed E-state index contributed by atoms with van der Waals surface area (Å²) in [4.78, 5) is 132. The van der Waals surface area contributed by atoms with Gasteiger partial charge >= 0.3 is 0 Å². The molecule has 0 aliphatic carbocycles. The molecular weight excluding hydrogens is 1790 g/mol. The third-order valence-electron chi connectivity index (χ3n) is 22.5. The minimum atomic E-state index is -1.49. The first-order valence-electron chi connectivity index (χ1n) is 49.2. The molecular formula is C92H170N10O34. The molecule has 0 aromatic heterocycles. The van der Waals surface area contributed by atoms with Crippen molar-refractivity contribution in [3.63, 3.8) is 0 Å². The zero-order valence-corrected chi connectivity index (χ0v) is 81.7. The summed E-state index contributed by atoms with van der Waals surface area (Å²) in [5.74, 6) is -5.02. The van der Waals surface area contributed by atoms with Gasteiger partial charge in [-0.1, -0.05) is 124 Å². The molecule has 3 aliphatic heterocycles. The van der Waals surface area contributed by atoms with Crippen LogP contribution in [0.1, 0.15) is 228 Å². The second-order valence-corrected chi connectivity index (χ2v) is 35.5. The van der Waals surface area contributed by atoms with Crippen LogP contribution in [-0.4, -0.2) is 400 Å². The highest BCUT2D eigenvalue weighted by Gasteiger charge is 2.48. The zero-order chi connectivity index (χ0) is 99.9. The molecule has 0 aromatic carbocycles. The number of carbonyl (C=O) groups is 10. The van der Waals surface area contributed by atoms with E-state index in [9.17, 15) is 93.9 Å². The second-order valence-electron chi connectivity index (χ2n) is 35.5. The Hall–Kier alpha value is -6.26. The van der Waals surface area contributed by atoms with Crippen molar-refractivity contribution in [2.24, 2.45) is 5.41 Å². The molecule has 792 valence electrons. The summed E-state index contributed by atoms with van der Waals surface area (Å²) >= 11 is 0. The van der Waals surface area contributed by atoms with E-state index in [4.69, 9.17) is 71.1 Å².